The van der Waals surface area contributed by atoms with Crippen molar-refractivity contribution in [3.8, 4) is 0 Å². The fourth-order valence-corrected chi connectivity index (χ4v) is 3.73. The van der Waals surface area contributed by atoms with Crippen LogP contribution < -0.4 is 5.32 Å². The highest BCUT2D eigenvalue weighted by Gasteiger charge is 2.15. The molecule has 2 aromatic rings. The van der Waals surface area contributed by atoms with Crippen molar-refractivity contribution in [3.63, 3.8) is 0 Å². The highest BCUT2D eigenvalue weighted by Crippen LogP contribution is 2.25. The Morgan fingerprint density at radius 2 is 1.85 bits per heavy atom. The molecule has 2 rings (SSSR count). The van der Waals surface area contributed by atoms with E-state index in [0.717, 1.165) is 5.56 Å². The predicted octanol–water partition coefficient (Wildman–Crippen LogP) is 5.89. The van der Waals surface area contributed by atoms with Gasteiger partial charge in [-0.05, 0) is 35.6 Å². The molecule has 0 heterocycles. The maximum absolute atomic E-state index is 13.7. The number of carbonyl (C=O) groups excluding carboxylic acids is 1. The van der Waals surface area contributed by atoms with Gasteiger partial charge in [0.1, 0.15) is 5.82 Å². The molecule has 0 aromatic heterocycles. The summed E-state index contributed by atoms with van der Waals surface area (Å²) in [6, 6.07) is 12.9. The monoisotopic (exact) mass is 393 g/mol. The van der Waals surface area contributed by atoms with Crippen molar-refractivity contribution in [1.82, 2.24) is 5.32 Å². The largest absolute Gasteiger partial charge is 0.349 e. The lowest BCUT2D eigenvalue weighted by Gasteiger charge is -2.20. The maximum atomic E-state index is 13.7. The van der Waals surface area contributed by atoms with Crippen LogP contribution in [0.2, 0.25) is 5.02 Å². The average molecular weight is 394 g/mol. The van der Waals surface area contributed by atoms with E-state index in [0.29, 0.717) is 16.3 Å². The first-order chi connectivity index (χ1) is 12.2. The molecule has 0 fully saturated rings. The minimum atomic E-state index is -0.335. The van der Waals surface area contributed by atoms with Crippen LogP contribution in [0.1, 0.15) is 50.4 Å². The van der Waals surface area contributed by atoms with Crippen LogP contribution in [0.4, 0.5) is 4.39 Å². The summed E-state index contributed by atoms with van der Waals surface area (Å²) in [4.78, 5) is 12.2. The van der Waals surface area contributed by atoms with Crippen LogP contribution in [0.15, 0.2) is 42.5 Å². The highest BCUT2D eigenvalue weighted by atomic mass is 35.5. The Kier molecular flexibility index (Phi) is 7.13. The lowest BCUT2D eigenvalue weighted by atomic mass is 9.86. The summed E-state index contributed by atoms with van der Waals surface area (Å²) in [6.07, 6.45) is 0. The molecule has 2 nitrogen and oxygen atoms in total. The van der Waals surface area contributed by atoms with Crippen LogP contribution in [0, 0.1) is 5.82 Å². The van der Waals surface area contributed by atoms with Crippen LogP contribution in [-0.4, -0.2) is 11.7 Å². The molecule has 140 valence electrons. The third-order valence-corrected chi connectivity index (χ3v) is 5.51. The van der Waals surface area contributed by atoms with Crippen molar-refractivity contribution >= 4 is 29.3 Å². The molecule has 0 aliphatic rings. The van der Waals surface area contributed by atoms with E-state index in [4.69, 9.17) is 11.6 Å². The second-order valence-corrected chi connectivity index (χ2v) is 8.75. The van der Waals surface area contributed by atoms with Gasteiger partial charge in [-0.2, -0.15) is 0 Å². The molecule has 0 aliphatic heterocycles. The number of rotatable bonds is 6. The van der Waals surface area contributed by atoms with Gasteiger partial charge in [-0.1, -0.05) is 62.7 Å². The maximum Gasteiger partial charge on any atom is 0.230 e. The van der Waals surface area contributed by atoms with E-state index >= 15 is 0 Å². The van der Waals surface area contributed by atoms with Crippen LogP contribution in [0.25, 0.3) is 0 Å². The topological polar surface area (TPSA) is 29.1 Å². The van der Waals surface area contributed by atoms with Crippen LogP contribution >= 0.6 is 23.4 Å². The summed E-state index contributed by atoms with van der Waals surface area (Å²) in [5.74, 6) is 0.218. The Labute approximate surface area is 164 Å². The van der Waals surface area contributed by atoms with Gasteiger partial charge in [0.2, 0.25) is 5.91 Å². The van der Waals surface area contributed by atoms with Crippen molar-refractivity contribution in [2.45, 2.75) is 44.9 Å². The number of nitrogens with one attached hydrogen (secondary N) is 1. The molecule has 1 unspecified atom stereocenters. The van der Waals surface area contributed by atoms with E-state index in [9.17, 15) is 9.18 Å². The van der Waals surface area contributed by atoms with Crippen LogP contribution in [0.3, 0.4) is 0 Å². The van der Waals surface area contributed by atoms with Gasteiger partial charge in [0, 0.05) is 16.3 Å². The summed E-state index contributed by atoms with van der Waals surface area (Å²) in [5, 5.41) is 3.38. The number of amides is 1. The lowest BCUT2D eigenvalue weighted by Crippen LogP contribution is -2.28. The van der Waals surface area contributed by atoms with E-state index < -0.39 is 0 Å². The standard InChI is InChI=1S/C21H25ClFNOS/c1-14(15-8-10-16(11-9-15)21(2,3)4)24-20(25)13-26-12-17-18(22)6-5-7-19(17)23/h5-11,14H,12-13H2,1-4H3,(H,24,25). The number of benzene rings is 2. The molecular formula is C21H25ClFNOS. The van der Waals surface area contributed by atoms with Gasteiger partial charge in [-0.15, -0.1) is 11.8 Å². The Balaban J connectivity index is 1.85. The van der Waals surface area contributed by atoms with E-state index in [-0.39, 0.29) is 28.9 Å². The summed E-state index contributed by atoms with van der Waals surface area (Å²) < 4.78 is 13.7. The van der Waals surface area contributed by atoms with Crippen molar-refractivity contribution in [1.29, 1.82) is 0 Å². The molecule has 0 saturated carbocycles. The van der Waals surface area contributed by atoms with Gasteiger partial charge in [0.15, 0.2) is 0 Å². The summed E-state index contributed by atoms with van der Waals surface area (Å²) in [7, 11) is 0. The van der Waals surface area contributed by atoms with E-state index in [1.807, 2.05) is 6.92 Å². The molecule has 1 amide bonds. The van der Waals surface area contributed by atoms with E-state index in [1.54, 1.807) is 12.1 Å². The Morgan fingerprint density at radius 3 is 2.42 bits per heavy atom. The van der Waals surface area contributed by atoms with Crippen LogP contribution in [0.5, 0.6) is 0 Å². The van der Waals surface area contributed by atoms with Gasteiger partial charge in [-0.25, -0.2) is 4.39 Å². The van der Waals surface area contributed by atoms with Gasteiger partial charge in [0.25, 0.3) is 0 Å². The number of hydrogen-bond acceptors (Lipinski definition) is 2. The molecule has 26 heavy (non-hydrogen) atoms. The molecule has 1 atom stereocenters. The zero-order valence-corrected chi connectivity index (χ0v) is 17.2. The van der Waals surface area contributed by atoms with Gasteiger partial charge in [-0.3, -0.25) is 4.79 Å². The minimum Gasteiger partial charge on any atom is -0.349 e. The summed E-state index contributed by atoms with van der Waals surface area (Å²) in [6.45, 7) is 8.48. The Morgan fingerprint density at radius 1 is 1.19 bits per heavy atom. The highest BCUT2D eigenvalue weighted by molar-refractivity contribution is 7.99. The first-order valence-electron chi connectivity index (χ1n) is 8.59. The Hall–Kier alpha value is -1.52. The van der Waals surface area contributed by atoms with E-state index in [2.05, 4.69) is 50.4 Å². The molecular weight excluding hydrogens is 369 g/mol. The molecule has 5 heteroatoms. The van der Waals surface area contributed by atoms with Crippen molar-refractivity contribution in [2.75, 3.05) is 5.75 Å². The minimum absolute atomic E-state index is 0.0742. The number of thioether (sulfide) groups is 1. The SMILES string of the molecule is CC(NC(=O)CSCc1c(F)cccc1Cl)c1ccc(C(C)(C)C)cc1. The number of halogens is 2. The molecule has 0 spiro atoms. The van der Waals surface area contributed by atoms with Gasteiger partial charge in [0.05, 0.1) is 11.8 Å². The predicted molar refractivity (Wildman–Crippen MR) is 109 cm³/mol. The average Bonchev–Trinajstić information content (AvgIpc) is 2.57. The summed E-state index contributed by atoms with van der Waals surface area (Å²) in [5.41, 5.74) is 2.87. The molecule has 0 saturated heterocycles. The fraction of sp³-hybridized carbons (Fsp3) is 0.381. The van der Waals surface area contributed by atoms with Crippen LogP contribution in [-0.2, 0) is 16.0 Å². The van der Waals surface area contributed by atoms with E-state index in [1.165, 1.54) is 23.4 Å². The Bertz CT molecular complexity index is 735. The summed E-state index contributed by atoms with van der Waals surface area (Å²) >= 11 is 7.35. The zero-order chi connectivity index (χ0) is 19.3. The molecule has 0 bridgehead atoms. The quantitative estimate of drug-likeness (QED) is 0.663. The molecule has 0 aliphatic carbocycles. The molecule has 2 aromatic carbocycles. The van der Waals surface area contributed by atoms with Gasteiger partial charge < -0.3 is 5.32 Å². The number of hydrogen-bond donors (Lipinski definition) is 1. The van der Waals surface area contributed by atoms with Crippen molar-refractivity contribution in [2.24, 2.45) is 0 Å². The fourth-order valence-electron chi connectivity index (χ4n) is 2.55. The zero-order valence-electron chi connectivity index (χ0n) is 15.6. The third-order valence-electron chi connectivity index (χ3n) is 4.20. The first kappa shape index (κ1) is 20.8. The molecule has 1 N–H and O–H groups in total. The second-order valence-electron chi connectivity index (χ2n) is 7.35. The number of carbonyl (C=O) groups is 1. The first-order valence-corrected chi connectivity index (χ1v) is 10.1. The van der Waals surface area contributed by atoms with Gasteiger partial charge >= 0.3 is 0 Å². The normalized spacial score (nSPS) is 12.7. The lowest BCUT2D eigenvalue weighted by molar-refractivity contribution is -0.119. The smallest absolute Gasteiger partial charge is 0.230 e. The van der Waals surface area contributed by atoms with Crippen molar-refractivity contribution < 1.29 is 9.18 Å². The second kappa shape index (κ2) is 8.92. The molecule has 0 radical (unpaired) electrons. The van der Waals surface area contributed by atoms with Crippen molar-refractivity contribution in [3.05, 3.63) is 70.0 Å². The third kappa shape index (κ3) is 5.75.